The largest absolute Gasteiger partial charge is 0.251 e. The van der Waals surface area contributed by atoms with Gasteiger partial charge in [-0.3, -0.25) is 4.67 Å². The minimum absolute atomic E-state index is 0.388. The monoisotopic (exact) mass is 199 g/mol. The van der Waals surface area contributed by atoms with Gasteiger partial charge in [0.05, 0.1) is 0 Å². The molecule has 0 radical (unpaired) electrons. The molecule has 0 aromatic heterocycles. The van der Waals surface area contributed by atoms with Crippen LogP contribution in [0.5, 0.6) is 0 Å². The summed E-state index contributed by atoms with van der Waals surface area (Å²) in [5.41, 5.74) is 0. The fraction of sp³-hybridized carbons (Fsp3) is 0.667. The van der Waals surface area contributed by atoms with Gasteiger partial charge >= 0.3 is 0 Å². The molecule has 0 N–H and O–H groups in total. The van der Waals surface area contributed by atoms with Crippen molar-refractivity contribution in [3.63, 3.8) is 0 Å². The third kappa shape index (κ3) is 3.78. The summed E-state index contributed by atoms with van der Waals surface area (Å²) < 4.78 is 1.99. The Morgan fingerprint density at radius 2 is 2.10 bits per heavy atom. The SMILES string of the molecule is C=CCN(C(C)C)P(Cl)Cl. The maximum absolute atomic E-state index is 5.73. The van der Waals surface area contributed by atoms with Gasteiger partial charge in [-0.15, -0.1) is 6.58 Å². The predicted octanol–water partition coefficient (Wildman–Crippen LogP) is 3.59. The van der Waals surface area contributed by atoms with Crippen LogP contribution >= 0.6 is 29.3 Å². The summed E-state index contributed by atoms with van der Waals surface area (Å²) in [5, 5.41) is 0. The zero-order valence-corrected chi connectivity index (χ0v) is 8.63. The van der Waals surface area contributed by atoms with Crippen LogP contribution in [-0.2, 0) is 0 Å². The highest BCUT2D eigenvalue weighted by Crippen LogP contribution is 2.51. The molecule has 0 spiro atoms. The van der Waals surface area contributed by atoms with E-state index in [9.17, 15) is 0 Å². The van der Waals surface area contributed by atoms with Crippen LogP contribution < -0.4 is 0 Å². The summed E-state index contributed by atoms with van der Waals surface area (Å²) in [6.07, 6.45) is 1.81. The zero-order chi connectivity index (χ0) is 8.15. The predicted molar refractivity (Wildman–Crippen MR) is 50.7 cm³/mol. The van der Waals surface area contributed by atoms with Crippen molar-refractivity contribution in [2.75, 3.05) is 6.54 Å². The molecule has 0 aliphatic heterocycles. The molecular formula is C6H12Cl2NP. The lowest BCUT2D eigenvalue weighted by Crippen LogP contribution is -2.22. The van der Waals surface area contributed by atoms with E-state index >= 15 is 0 Å². The van der Waals surface area contributed by atoms with E-state index in [4.69, 9.17) is 22.5 Å². The third-order valence-corrected chi connectivity index (χ3v) is 3.29. The molecule has 0 aromatic rings. The van der Waals surface area contributed by atoms with Crippen LogP contribution in [0, 0.1) is 0 Å². The number of rotatable bonds is 4. The summed E-state index contributed by atoms with van der Waals surface area (Å²) in [6.45, 7) is 7.49. The summed E-state index contributed by atoms with van der Waals surface area (Å²) in [6, 6.07) is 0.388. The molecule has 0 atom stereocenters. The minimum atomic E-state index is -1.00. The standard InChI is InChI=1S/C6H12Cl2NP/c1-4-5-9(6(2)3)10(7)8/h4,6H,1,5H2,2-3H3. The first-order chi connectivity index (χ1) is 4.59. The van der Waals surface area contributed by atoms with Crippen LogP contribution in [-0.4, -0.2) is 17.3 Å². The fourth-order valence-corrected chi connectivity index (χ4v) is 2.59. The summed E-state index contributed by atoms with van der Waals surface area (Å²) >= 11 is 11.5. The van der Waals surface area contributed by atoms with E-state index < -0.39 is 6.78 Å². The molecule has 4 heteroatoms. The van der Waals surface area contributed by atoms with Crippen molar-refractivity contribution < 1.29 is 0 Å². The van der Waals surface area contributed by atoms with Crippen molar-refractivity contribution in [3.05, 3.63) is 12.7 Å². The number of hydrogen-bond donors (Lipinski definition) is 0. The van der Waals surface area contributed by atoms with E-state index in [0.717, 1.165) is 6.54 Å². The number of hydrogen-bond acceptors (Lipinski definition) is 1. The Balaban J connectivity index is 3.84. The molecule has 0 saturated heterocycles. The topological polar surface area (TPSA) is 3.24 Å². The Morgan fingerprint density at radius 1 is 1.60 bits per heavy atom. The van der Waals surface area contributed by atoms with E-state index in [1.807, 2.05) is 4.67 Å². The molecule has 0 fully saturated rings. The van der Waals surface area contributed by atoms with Gasteiger partial charge in [0.2, 0.25) is 0 Å². The maximum Gasteiger partial charge on any atom is 0.160 e. The fourth-order valence-electron chi connectivity index (χ4n) is 0.579. The molecule has 60 valence electrons. The first-order valence-electron chi connectivity index (χ1n) is 3.08. The Morgan fingerprint density at radius 3 is 2.20 bits per heavy atom. The van der Waals surface area contributed by atoms with Gasteiger partial charge in [0.25, 0.3) is 0 Å². The molecule has 1 nitrogen and oxygen atoms in total. The van der Waals surface area contributed by atoms with Crippen LogP contribution in [0.15, 0.2) is 12.7 Å². The minimum Gasteiger partial charge on any atom is -0.251 e. The van der Waals surface area contributed by atoms with Crippen molar-refractivity contribution in [3.8, 4) is 0 Å². The first kappa shape index (κ1) is 10.7. The molecular weight excluding hydrogens is 188 g/mol. The van der Waals surface area contributed by atoms with Gasteiger partial charge in [-0.05, 0) is 13.8 Å². The smallest absolute Gasteiger partial charge is 0.160 e. The second-order valence-electron chi connectivity index (χ2n) is 2.22. The number of nitrogens with zero attached hydrogens (tertiary/aromatic N) is 1. The van der Waals surface area contributed by atoms with Crippen molar-refractivity contribution in [1.82, 2.24) is 4.67 Å². The van der Waals surface area contributed by atoms with Crippen LogP contribution in [0.1, 0.15) is 13.8 Å². The Labute approximate surface area is 73.4 Å². The van der Waals surface area contributed by atoms with Gasteiger partial charge in [-0.2, -0.15) is 0 Å². The van der Waals surface area contributed by atoms with E-state index in [0.29, 0.717) is 6.04 Å². The maximum atomic E-state index is 5.73. The average molecular weight is 200 g/mol. The second kappa shape index (κ2) is 5.37. The van der Waals surface area contributed by atoms with Gasteiger partial charge in [-0.1, -0.05) is 28.6 Å². The highest BCUT2D eigenvalue weighted by atomic mass is 35.9. The molecule has 0 saturated carbocycles. The van der Waals surface area contributed by atoms with E-state index in [2.05, 4.69) is 20.4 Å². The van der Waals surface area contributed by atoms with E-state index in [1.54, 1.807) is 6.08 Å². The molecule has 0 amide bonds. The van der Waals surface area contributed by atoms with Crippen LogP contribution in [0.25, 0.3) is 0 Å². The van der Waals surface area contributed by atoms with Crippen molar-refractivity contribution in [2.45, 2.75) is 19.9 Å². The molecule has 0 rings (SSSR count). The number of halogens is 2. The molecule has 0 unspecified atom stereocenters. The Kier molecular flexibility index (Phi) is 5.75. The van der Waals surface area contributed by atoms with Gasteiger partial charge in [0, 0.05) is 12.6 Å². The summed E-state index contributed by atoms with van der Waals surface area (Å²) in [5.74, 6) is 0. The molecule has 0 aliphatic carbocycles. The van der Waals surface area contributed by atoms with E-state index in [1.165, 1.54) is 0 Å². The van der Waals surface area contributed by atoms with Gasteiger partial charge in [0.1, 0.15) is 0 Å². The molecule has 0 aliphatic rings. The lowest BCUT2D eigenvalue weighted by molar-refractivity contribution is 0.427. The second-order valence-corrected chi connectivity index (χ2v) is 5.60. The van der Waals surface area contributed by atoms with E-state index in [-0.39, 0.29) is 0 Å². The molecule has 0 bridgehead atoms. The molecule has 0 heterocycles. The third-order valence-electron chi connectivity index (χ3n) is 1.11. The van der Waals surface area contributed by atoms with Gasteiger partial charge < -0.3 is 0 Å². The first-order valence-corrected chi connectivity index (χ1v) is 6.19. The summed E-state index contributed by atoms with van der Waals surface area (Å²) in [7, 11) is 0. The highest BCUT2D eigenvalue weighted by molar-refractivity contribution is 8.02. The van der Waals surface area contributed by atoms with Crippen molar-refractivity contribution in [1.29, 1.82) is 0 Å². The lowest BCUT2D eigenvalue weighted by atomic mass is 10.4. The Bertz CT molecular complexity index is 97.9. The van der Waals surface area contributed by atoms with Crippen LogP contribution in [0.2, 0.25) is 0 Å². The van der Waals surface area contributed by atoms with Crippen molar-refractivity contribution in [2.24, 2.45) is 0 Å². The normalized spacial score (nSPS) is 11.5. The average Bonchev–Trinajstić information content (AvgIpc) is 1.81. The zero-order valence-electron chi connectivity index (χ0n) is 6.22. The lowest BCUT2D eigenvalue weighted by Gasteiger charge is -2.24. The summed E-state index contributed by atoms with van der Waals surface area (Å²) in [4.78, 5) is 0. The Hall–Kier alpha value is 0.710. The van der Waals surface area contributed by atoms with Gasteiger partial charge in [0.15, 0.2) is 6.78 Å². The van der Waals surface area contributed by atoms with Gasteiger partial charge in [-0.25, -0.2) is 0 Å². The van der Waals surface area contributed by atoms with Crippen LogP contribution in [0.3, 0.4) is 0 Å². The molecule has 0 aromatic carbocycles. The molecule has 10 heavy (non-hydrogen) atoms. The quantitative estimate of drug-likeness (QED) is 0.495. The highest BCUT2D eigenvalue weighted by Gasteiger charge is 2.14. The van der Waals surface area contributed by atoms with Crippen LogP contribution in [0.4, 0.5) is 0 Å². The van der Waals surface area contributed by atoms with Crippen molar-refractivity contribution >= 4 is 29.3 Å².